The minimum absolute atomic E-state index is 0.215. The predicted octanol–water partition coefficient (Wildman–Crippen LogP) is 9.60. The zero-order valence-corrected chi connectivity index (χ0v) is 40.9. The zero-order valence-electron chi connectivity index (χ0n) is 40.0. The van der Waals surface area contributed by atoms with E-state index >= 15 is 0 Å². The lowest BCUT2D eigenvalue weighted by molar-refractivity contribution is -0.220. The summed E-state index contributed by atoms with van der Waals surface area (Å²) in [5.74, 6) is -0.555. The molecule has 1 rings (SSSR count). The monoisotopic (exact) mass is 924 g/mol. The summed E-state index contributed by atoms with van der Waals surface area (Å²) in [6.45, 7) is 3.82. The van der Waals surface area contributed by atoms with Crippen molar-refractivity contribution in [3.05, 3.63) is 0 Å². The highest BCUT2D eigenvalue weighted by molar-refractivity contribution is 7.47. The van der Waals surface area contributed by atoms with Gasteiger partial charge in [-0.1, -0.05) is 226 Å². The number of hydrogen-bond acceptors (Lipinski definition) is 11. The predicted molar refractivity (Wildman–Crippen MR) is 252 cm³/mol. The van der Waals surface area contributed by atoms with E-state index in [1.54, 1.807) is 0 Å². The molecule has 0 aromatic rings. The van der Waals surface area contributed by atoms with Gasteiger partial charge in [0.15, 0.2) is 0 Å². The van der Waals surface area contributed by atoms with Gasteiger partial charge in [-0.3, -0.25) is 13.8 Å². The topological polar surface area (TPSA) is 226 Å². The minimum Gasteiger partial charge on any atom is -0.393 e. The van der Waals surface area contributed by atoms with E-state index in [1.807, 2.05) is 0 Å². The number of hydrogen-bond donors (Lipinski definition) is 9. The van der Waals surface area contributed by atoms with Gasteiger partial charge < -0.3 is 46.0 Å². The van der Waals surface area contributed by atoms with Crippen molar-refractivity contribution in [2.24, 2.45) is 0 Å². The van der Waals surface area contributed by atoms with Gasteiger partial charge in [-0.05, 0) is 12.8 Å². The first-order chi connectivity index (χ1) is 30.3. The summed E-state index contributed by atoms with van der Waals surface area (Å²) in [6.07, 6.45) is 27.1. The molecule has 13 nitrogen and oxygen atoms in total. The van der Waals surface area contributed by atoms with E-state index in [0.717, 1.165) is 51.4 Å². The van der Waals surface area contributed by atoms with Crippen molar-refractivity contribution in [2.75, 3.05) is 6.61 Å². The lowest BCUT2D eigenvalue weighted by Crippen LogP contribution is -2.64. The summed E-state index contributed by atoms with van der Waals surface area (Å²) in [5, 5.41) is 74.8. The molecular formula is C49H98NO12P. The van der Waals surface area contributed by atoms with Crippen LogP contribution in [-0.4, -0.2) is 108 Å². The van der Waals surface area contributed by atoms with E-state index < -0.39 is 75.2 Å². The van der Waals surface area contributed by atoms with E-state index in [9.17, 15) is 50.0 Å². The first kappa shape index (κ1) is 60.3. The van der Waals surface area contributed by atoms with Crippen molar-refractivity contribution in [1.82, 2.24) is 5.32 Å². The fourth-order valence-electron chi connectivity index (χ4n) is 8.72. The fraction of sp³-hybridized carbons (Fsp3) is 0.980. The Kier molecular flexibility index (Phi) is 37.6. The Bertz CT molecular complexity index is 1090. The van der Waals surface area contributed by atoms with Gasteiger partial charge in [0.05, 0.1) is 31.3 Å². The smallest absolute Gasteiger partial charge is 0.393 e. The lowest BCUT2D eigenvalue weighted by atomic mass is 9.85. The van der Waals surface area contributed by atoms with Gasteiger partial charge in [0, 0.05) is 0 Å². The third kappa shape index (κ3) is 31.1. The number of carbonyl (C=O) groups excluding carboxylic acids is 1. The van der Waals surface area contributed by atoms with Crippen LogP contribution in [-0.2, 0) is 18.4 Å². The maximum Gasteiger partial charge on any atom is 0.472 e. The number of aliphatic hydroxyl groups excluding tert-OH is 7. The van der Waals surface area contributed by atoms with Gasteiger partial charge in [-0.2, -0.15) is 0 Å². The highest BCUT2D eigenvalue weighted by Gasteiger charge is 2.51. The quantitative estimate of drug-likeness (QED) is 0.0206. The Morgan fingerprint density at radius 3 is 1.14 bits per heavy atom. The molecule has 14 heteroatoms. The second-order valence-corrected chi connectivity index (χ2v) is 20.3. The Hall–Kier alpha value is -0.700. The van der Waals surface area contributed by atoms with Crippen molar-refractivity contribution in [3.8, 4) is 0 Å². The first-order valence-corrected chi connectivity index (χ1v) is 27.6. The van der Waals surface area contributed by atoms with Gasteiger partial charge in [-0.15, -0.1) is 0 Å². The molecule has 1 fully saturated rings. The molecule has 0 bridgehead atoms. The molecule has 1 aliphatic rings. The summed E-state index contributed by atoms with van der Waals surface area (Å²) < 4.78 is 23.0. The molecule has 0 spiro atoms. The molecule has 0 aromatic heterocycles. The highest BCUT2D eigenvalue weighted by atomic mass is 31.2. The van der Waals surface area contributed by atoms with E-state index in [1.165, 1.54) is 154 Å². The maximum atomic E-state index is 13.1. The normalized spacial score (nSPS) is 22.8. The third-order valence-corrected chi connectivity index (χ3v) is 14.0. The summed E-state index contributed by atoms with van der Waals surface area (Å²) in [5.41, 5.74) is 0. The molecule has 0 saturated heterocycles. The molecule has 0 heterocycles. The molecule has 376 valence electrons. The standard InChI is InChI=1S/C49H98NO12P/c1-3-5-7-9-11-13-15-17-19-21-23-25-27-29-31-33-35-37-42(52)41(39-61-63(59,60)62-49-47(57)45(55)44(54)46(56)48(49)58)50-43(53)38-40(51)36-34-32-30-28-26-24-22-20-18-16-14-12-10-8-6-4-2/h40-42,44-49,51-52,54-58H,3-39H2,1-2H3,(H,50,53)(H,59,60). The Balaban J connectivity index is 2.45. The van der Waals surface area contributed by atoms with Crippen LogP contribution in [0.5, 0.6) is 0 Å². The van der Waals surface area contributed by atoms with Crippen LogP contribution in [0.3, 0.4) is 0 Å². The number of amides is 1. The van der Waals surface area contributed by atoms with E-state index in [2.05, 4.69) is 19.2 Å². The van der Waals surface area contributed by atoms with Crippen LogP contribution in [0, 0.1) is 0 Å². The van der Waals surface area contributed by atoms with Gasteiger partial charge in [0.1, 0.15) is 36.6 Å². The molecule has 9 N–H and O–H groups in total. The van der Waals surface area contributed by atoms with Crippen molar-refractivity contribution in [1.29, 1.82) is 0 Å². The van der Waals surface area contributed by atoms with Gasteiger partial charge >= 0.3 is 7.82 Å². The van der Waals surface area contributed by atoms with Crippen LogP contribution in [0.2, 0.25) is 0 Å². The summed E-state index contributed by atoms with van der Waals surface area (Å²) >= 11 is 0. The van der Waals surface area contributed by atoms with Crippen LogP contribution in [0.25, 0.3) is 0 Å². The third-order valence-electron chi connectivity index (χ3n) is 13.0. The molecule has 1 aliphatic carbocycles. The van der Waals surface area contributed by atoms with Gasteiger partial charge in [-0.25, -0.2) is 4.57 Å². The molecule has 1 saturated carbocycles. The van der Waals surface area contributed by atoms with Crippen molar-refractivity contribution in [2.45, 2.75) is 300 Å². The molecule has 0 radical (unpaired) electrons. The summed E-state index contributed by atoms with van der Waals surface area (Å²) in [4.78, 5) is 23.5. The van der Waals surface area contributed by atoms with E-state index in [-0.39, 0.29) is 12.8 Å². The van der Waals surface area contributed by atoms with Gasteiger partial charge in [0.2, 0.25) is 5.91 Å². The number of phosphoric acid groups is 1. The number of phosphoric ester groups is 1. The number of aliphatic hydroxyl groups is 7. The average Bonchev–Trinajstić information content (AvgIpc) is 3.26. The number of unbranched alkanes of at least 4 members (excludes halogenated alkanes) is 31. The fourth-order valence-corrected chi connectivity index (χ4v) is 9.69. The summed E-state index contributed by atoms with van der Waals surface area (Å²) in [7, 11) is -5.12. The molecule has 8 unspecified atom stereocenters. The molecule has 8 atom stereocenters. The van der Waals surface area contributed by atoms with Crippen molar-refractivity contribution in [3.63, 3.8) is 0 Å². The highest BCUT2D eigenvalue weighted by Crippen LogP contribution is 2.47. The van der Waals surface area contributed by atoms with Crippen LogP contribution in [0.15, 0.2) is 0 Å². The Labute approximate surface area is 383 Å². The molecule has 0 aliphatic heterocycles. The Morgan fingerprint density at radius 2 is 0.794 bits per heavy atom. The van der Waals surface area contributed by atoms with Crippen LogP contribution in [0.1, 0.15) is 245 Å². The lowest BCUT2D eigenvalue weighted by Gasteiger charge is -2.41. The number of carbonyl (C=O) groups is 1. The first-order valence-electron chi connectivity index (χ1n) is 26.1. The summed E-state index contributed by atoms with van der Waals surface area (Å²) in [6, 6.07) is -1.15. The van der Waals surface area contributed by atoms with Crippen molar-refractivity contribution < 1.29 is 59.0 Å². The zero-order chi connectivity index (χ0) is 46.6. The maximum absolute atomic E-state index is 13.1. The molecule has 63 heavy (non-hydrogen) atoms. The van der Waals surface area contributed by atoms with Crippen LogP contribution >= 0.6 is 7.82 Å². The average molecular weight is 924 g/mol. The minimum atomic E-state index is -5.12. The SMILES string of the molecule is CCCCCCCCCCCCCCCCCCCC(O)C(COP(=O)(O)OC1C(O)C(O)C(O)C(O)C1O)NC(=O)CC(O)CCCCCCCCCCCCCCCCCC. The second kappa shape index (κ2) is 39.3. The molecular weight excluding hydrogens is 826 g/mol. The van der Waals surface area contributed by atoms with Gasteiger partial charge in [0.25, 0.3) is 0 Å². The Morgan fingerprint density at radius 1 is 0.492 bits per heavy atom. The molecule has 1 amide bonds. The second-order valence-electron chi connectivity index (χ2n) is 18.9. The van der Waals surface area contributed by atoms with Crippen LogP contribution < -0.4 is 5.32 Å². The van der Waals surface area contributed by atoms with Crippen LogP contribution in [0.4, 0.5) is 0 Å². The molecule has 0 aromatic carbocycles. The largest absolute Gasteiger partial charge is 0.472 e. The van der Waals surface area contributed by atoms with E-state index in [0.29, 0.717) is 12.8 Å². The van der Waals surface area contributed by atoms with E-state index in [4.69, 9.17) is 9.05 Å². The number of rotatable bonds is 44. The van der Waals surface area contributed by atoms with Crippen molar-refractivity contribution >= 4 is 13.7 Å². The number of nitrogens with one attached hydrogen (secondary N) is 1.